The minimum absolute atomic E-state index is 0.0927. The Bertz CT molecular complexity index is 1060. The molecule has 2 aromatic carbocycles. The molecule has 0 aliphatic carbocycles. The third-order valence-corrected chi connectivity index (χ3v) is 5.69. The summed E-state index contributed by atoms with van der Waals surface area (Å²) in [6, 6.07) is 13.2. The van der Waals surface area contributed by atoms with Gasteiger partial charge in [-0.05, 0) is 61.2 Å². The molecule has 0 N–H and O–H groups in total. The van der Waals surface area contributed by atoms with E-state index < -0.39 is 23.1 Å². The summed E-state index contributed by atoms with van der Waals surface area (Å²) in [7, 11) is 0. The Labute approximate surface area is 206 Å². The highest BCUT2D eigenvalue weighted by molar-refractivity contribution is 5.83. The molecule has 0 atom stereocenters. The molecule has 1 heterocycles. The molecule has 0 radical (unpaired) electrons. The summed E-state index contributed by atoms with van der Waals surface area (Å²) in [6.45, 7) is 13.6. The Hall–Kier alpha value is -3.42. The van der Waals surface area contributed by atoms with Gasteiger partial charge in [0, 0.05) is 12.2 Å². The first-order valence-corrected chi connectivity index (χ1v) is 11.5. The first kappa shape index (κ1) is 26.2. The predicted molar refractivity (Wildman–Crippen MR) is 132 cm³/mol. The Morgan fingerprint density at radius 3 is 2.17 bits per heavy atom. The molecule has 0 spiro atoms. The van der Waals surface area contributed by atoms with Crippen molar-refractivity contribution in [1.82, 2.24) is 0 Å². The predicted octanol–water partition coefficient (Wildman–Crippen LogP) is 4.88. The van der Waals surface area contributed by atoms with Gasteiger partial charge in [0.25, 0.3) is 0 Å². The van der Waals surface area contributed by atoms with Gasteiger partial charge in [-0.15, -0.1) is 0 Å². The molecule has 1 fully saturated rings. The van der Waals surface area contributed by atoms with E-state index in [0.29, 0.717) is 24.7 Å². The molecule has 0 bridgehead atoms. The van der Waals surface area contributed by atoms with Crippen molar-refractivity contribution >= 4 is 11.9 Å². The van der Waals surface area contributed by atoms with Crippen LogP contribution in [0, 0.1) is 5.41 Å². The van der Waals surface area contributed by atoms with Gasteiger partial charge in [-0.2, -0.15) is 0 Å². The van der Waals surface area contributed by atoms with Gasteiger partial charge in [0.15, 0.2) is 5.79 Å². The largest absolute Gasteiger partial charge is 0.493 e. The quantitative estimate of drug-likeness (QED) is 0.272. The Kier molecular flexibility index (Phi) is 8.48. The van der Waals surface area contributed by atoms with Crippen LogP contribution in [0.25, 0.3) is 11.1 Å². The Morgan fingerprint density at radius 1 is 0.943 bits per heavy atom. The van der Waals surface area contributed by atoms with Gasteiger partial charge < -0.3 is 23.7 Å². The summed E-state index contributed by atoms with van der Waals surface area (Å²) in [5, 5.41) is 0. The zero-order chi connectivity index (χ0) is 25.5. The van der Waals surface area contributed by atoms with Crippen LogP contribution in [0.5, 0.6) is 11.5 Å². The fraction of sp³-hybridized carbons (Fsp3) is 0.357. The first-order valence-electron chi connectivity index (χ1n) is 11.5. The van der Waals surface area contributed by atoms with E-state index >= 15 is 0 Å². The molecular weight excluding hydrogens is 448 g/mol. The maximum Gasteiger partial charge on any atom is 0.335 e. The minimum Gasteiger partial charge on any atom is -0.493 e. The van der Waals surface area contributed by atoms with E-state index in [2.05, 4.69) is 20.1 Å². The molecule has 1 aliphatic heterocycles. The Balaban J connectivity index is 1.74. The number of esters is 2. The minimum atomic E-state index is -0.706. The topological polar surface area (TPSA) is 80.3 Å². The van der Waals surface area contributed by atoms with Crippen molar-refractivity contribution in [2.45, 2.75) is 33.0 Å². The zero-order valence-corrected chi connectivity index (χ0v) is 20.5. The normalized spacial score (nSPS) is 16.1. The van der Waals surface area contributed by atoms with E-state index in [1.54, 1.807) is 12.1 Å². The lowest BCUT2D eigenvalue weighted by Gasteiger charge is -2.42. The number of benzene rings is 2. The Morgan fingerprint density at radius 2 is 1.57 bits per heavy atom. The molecule has 0 unspecified atom stereocenters. The summed E-state index contributed by atoms with van der Waals surface area (Å²) in [5.41, 5.74) is 2.51. The molecule has 1 saturated heterocycles. The highest BCUT2D eigenvalue weighted by Crippen LogP contribution is 2.33. The highest BCUT2D eigenvalue weighted by Gasteiger charge is 2.42. The number of carbonyl (C=O) groups is 2. The summed E-state index contributed by atoms with van der Waals surface area (Å²) in [6.07, 6.45) is 3.05. The van der Waals surface area contributed by atoms with Crippen molar-refractivity contribution < 1.29 is 33.3 Å². The van der Waals surface area contributed by atoms with Crippen LogP contribution in [-0.4, -0.2) is 44.2 Å². The lowest BCUT2D eigenvalue weighted by atomic mass is 9.90. The number of rotatable bonds is 10. The van der Waals surface area contributed by atoms with E-state index in [0.717, 1.165) is 35.3 Å². The first-order chi connectivity index (χ1) is 16.7. The third-order valence-electron chi connectivity index (χ3n) is 5.69. The molecule has 35 heavy (non-hydrogen) atoms. The summed E-state index contributed by atoms with van der Waals surface area (Å²) in [4.78, 5) is 23.0. The molecule has 3 rings (SSSR count). The molecule has 0 amide bonds. The van der Waals surface area contributed by atoms with Gasteiger partial charge in [0.1, 0.15) is 24.7 Å². The van der Waals surface area contributed by atoms with E-state index in [-0.39, 0.29) is 13.2 Å². The molecule has 2 aromatic rings. The van der Waals surface area contributed by atoms with Gasteiger partial charge in [-0.1, -0.05) is 38.3 Å². The van der Waals surface area contributed by atoms with Gasteiger partial charge in [-0.25, -0.2) is 9.59 Å². The lowest BCUT2D eigenvalue weighted by Crippen LogP contribution is -2.52. The van der Waals surface area contributed by atoms with Gasteiger partial charge in [0.2, 0.25) is 0 Å². The molecule has 7 nitrogen and oxygen atoms in total. The number of carbonyl (C=O) groups excluding carboxylic acids is 2. The second kappa shape index (κ2) is 11.3. The standard InChI is InChI=1S/C28H32O7/c1-6-20-15-23(13-14-24(20)21-9-11-22(12-10-21)35-26(30)8-3)31-16-28(17-32-25(29)7-2)18-33-27(4,5)34-19-28/h7-15H,2-3,6,16-19H2,1,4-5H3. The van der Waals surface area contributed by atoms with E-state index in [1.165, 1.54) is 0 Å². The second-order valence-electron chi connectivity index (χ2n) is 8.90. The maximum atomic E-state index is 11.7. The average Bonchev–Trinajstić information content (AvgIpc) is 2.87. The summed E-state index contributed by atoms with van der Waals surface area (Å²) >= 11 is 0. The van der Waals surface area contributed by atoms with Gasteiger partial charge in [0.05, 0.1) is 18.6 Å². The molecule has 7 heteroatoms. The van der Waals surface area contributed by atoms with Crippen LogP contribution in [0.4, 0.5) is 0 Å². The van der Waals surface area contributed by atoms with Crippen molar-refractivity contribution in [2.75, 3.05) is 26.4 Å². The van der Waals surface area contributed by atoms with Crippen LogP contribution in [0.2, 0.25) is 0 Å². The molecule has 0 aromatic heterocycles. The van der Waals surface area contributed by atoms with Crippen LogP contribution in [0.3, 0.4) is 0 Å². The lowest BCUT2D eigenvalue weighted by molar-refractivity contribution is -0.294. The molecule has 1 aliphatic rings. The van der Waals surface area contributed by atoms with Gasteiger partial charge in [-0.3, -0.25) is 0 Å². The fourth-order valence-corrected chi connectivity index (χ4v) is 3.56. The third kappa shape index (κ3) is 7.04. The molecule has 0 saturated carbocycles. The number of ether oxygens (including phenoxy) is 5. The van der Waals surface area contributed by atoms with E-state index in [9.17, 15) is 9.59 Å². The average molecular weight is 481 g/mol. The maximum absolute atomic E-state index is 11.7. The summed E-state index contributed by atoms with van der Waals surface area (Å²) in [5.74, 6) is -0.553. The smallest absolute Gasteiger partial charge is 0.335 e. The SMILES string of the molecule is C=CC(=O)OCC1(COc2ccc(-c3ccc(OC(=O)C=C)cc3)c(CC)c2)COC(C)(C)OC1. The molecular formula is C28H32O7. The van der Waals surface area contributed by atoms with Crippen LogP contribution >= 0.6 is 0 Å². The fourth-order valence-electron chi connectivity index (χ4n) is 3.56. The van der Waals surface area contributed by atoms with Gasteiger partial charge >= 0.3 is 11.9 Å². The van der Waals surface area contributed by atoms with E-state index in [4.69, 9.17) is 23.7 Å². The zero-order valence-electron chi connectivity index (χ0n) is 20.5. The number of aryl methyl sites for hydroxylation is 1. The van der Waals surface area contributed by atoms with Crippen LogP contribution in [0.15, 0.2) is 67.8 Å². The van der Waals surface area contributed by atoms with Crippen molar-refractivity contribution in [3.05, 3.63) is 73.3 Å². The van der Waals surface area contributed by atoms with Crippen LogP contribution in [0.1, 0.15) is 26.3 Å². The van der Waals surface area contributed by atoms with Crippen molar-refractivity contribution in [2.24, 2.45) is 5.41 Å². The second-order valence-corrected chi connectivity index (χ2v) is 8.90. The number of hydrogen-bond donors (Lipinski definition) is 0. The monoisotopic (exact) mass is 480 g/mol. The van der Waals surface area contributed by atoms with Crippen molar-refractivity contribution in [1.29, 1.82) is 0 Å². The number of hydrogen-bond acceptors (Lipinski definition) is 7. The summed E-state index contributed by atoms with van der Waals surface area (Å²) < 4.78 is 28.3. The van der Waals surface area contributed by atoms with Crippen LogP contribution < -0.4 is 9.47 Å². The molecule has 186 valence electrons. The van der Waals surface area contributed by atoms with E-state index in [1.807, 2.05) is 44.2 Å². The van der Waals surface area contributed by atoms with Crippen molar-refractivity contribution in [3.8, 4) is 22.6 Å². The highest BCUT2D eigenvalue weighted by atomic mass is 16.7. The van der Waals surface area contributed by atoms with Crippen LogP contribution in [-0.2, 0) is 30.2 Å². The van der Waals surface area contributed by atoms with Crippen molar-refractivity contribution in [3.63, 3.8) is 0 Å².